The van der Waals surface area contributed by atoms with Crippen molar-refractivity contribution in [3.8, 4) is 11.1 Å². The third-order valence-electron chi connectivity index (χ3n) is 13.4. The lowest BCUT2D eigenvalue weighted by atomic mass is 9.74. The Kier molecular flexibility index (Phi) is 6.24. The first-order chi connectivity index (χ1) is 25.7. The number of aryl methyl sites for hydroxylation is 1. The summed E-state index contributed by atoms with van der Waals surface area (Å²) in [7, 11) is 0. The molecule has 0 amide bonds. The smallest absolute Gasteiger partial charge is 0.0474 e. The number of fused-ring (bicyclic) bond motifs is 8. The number of rotatable bonds is 4. The van der Waals surface area contributed by atoms with Crippen LogP contribution in [-0.2, 0) is 17.3 Å². The van der Waals surface area contributed by atoms with Gasteiger partial charge in [0, 0.05) is 28.4 Å². The number of allylic oxidation sites excluding steroid dienone is 4. The minimum absolute atomic E-state index is 0.0193. The van der Waals surface area contributed by atoms with Crippen molar-refractivity contribution in [3.05, 3.63) is 173 Å². The highest BCUT2D eigenvalue weighted by Gasteiger charge is 2.45. The van der Waals surface area contributed by atoms with E-state index in [1.807, 2.05) is 0 Å². The number of anilines is 3. The Morgan fingerprint density at radius 3 is 1.96 bits per heavy atom. The standard InChI is InChI=1S/C52H43N/c1-6-31-25-32-13-11-18-42-44-28-36(27-33-14-12-17-41(50(33)44)43(26-31)49(32)42)53(34-21-23-39-37-15-7-9-19-45(37)51(2,3)47(39)29-34)35-22-24-40-38-16-8-10-20-46(38)52(4,5)48(40)30-35/h7-30,37,45H,6H2,1-5H3. The first-order valence-electron chi connectivity index (χ1n) is 19.4. The monoisotopic (exact) mass is 681 g/mol. The summed E-state index contributed by atoms with van der Waals surface area (Å²) in [5, 5.41) is 10.7. The second-order valence-corrected chi connectivity index (χ2v) is 16.8. The molecule has 0 fully saturated rings. The zero-order chi connectivity index (χ0) is 35.8. The van der Waals surface area contributed by atoms with Crippen LogP contribution in [0.1, 0.15) is 68.4 Å². The Labute approximate surface area is 312 Å². The van der Waals surface area contributed by atoms with Crippen molar-refractivity contribution >= 4 is 60.2 Å². The fourth-order valence-electron chi connectivity index (χ4n) is 10.7. The molecular formula is C52H43N. The zero-order valence-corrected chi connectivity index (χ0v) is 31.2. The second kappa shape index (κ2) is 10.7. The van der Waals surface area contributed by atoms with Crippen molar-refractivity contribution in [2.75, 3.05) is 4.90 Å². The third kappa shape index (κ3) is 4.14. The van der Waals surface area contributed by atoms with E-state index in [2.05, 4.69) is 185 Å². The summed E-state index contributed by atoms with van der Waals surface area (Å²) in [5.41, 5.74) is 13.3. The van der Waals surface area contributed by atoms with Gasteiger partial charge in [-0.05, 0) is 136 Å². The minimum atomic E-state index is -0.0944. The molecule has 0 bridgehead atoms. The molecule has 8 aromatic rings. The average Bonchev–Trinajstić information content (AvgIpc) is 3.55. The highest BCUT2D eigenvalue weighted by atomic mass is 15.1. The van der Waals surface area contributed by atoms with Gasteiger partial charge in [0.1, 0.15) is 0 Å². The van der Waals surface area contributed by atoms with Gasteiger partial charge in [0.2, 0.25) is 0 Å². The summed E-state index contributed by atoms with van der Waals surface area (Å²) < 4.78 is 0. The molecule has 1 nitrogen and oxygen atoms in total. The van der Waals surface area contributed by atoms with Gasteiger partial charge >= 0.3 is 0 Å². The second-order valence-electron chi connectivity index (χ2n) is 16.8. The van der Waals surface area contributed by atoms with Crippen LogP contribution in [0, 0.1) is 5.92 Å². The van der Waals surface area contributed by atoms with Gasteiger partial charge in [-0.15, -0.1) is 0 Å². The van der Waals surface area contributed by atoms with Gasteiger partial charge < -0.3 is 4.90 Å². The van der Waals surface area contributed by atoms with E-state index in [1.54, 1.807) is 0 Å². The van der Waals surface area contributed by atoms with Gasteiger partial charge in [-0.25, -0.2) is 0 Å². The fourth-order valence-corrected chi connectivity index (χ4v) is 10.7. The Bertz CT molecular complexity index is 2900. The molecule has 8 aromatic carbocycles. The van der Waals surface area contributed by atoms with Crippen LogP contribution in [-0.4, -0.2) is 0 Å². The summed E-state index contributed by atoms with van der Waals surface area (Å²) in [6, 6.07) is 47.0. The normalized spacial score (nSPS) is 18.9. The average molecular weight is 682 g/mol. The largest absolute Gasteiger partial charge is 0.310 e. The molecule has 0 heterocycles. The van der Waals surface area contributed by atoms with Crippen molar-refractivity contribution in [2.24, 2.45) is 5.92 Å². The molecule has 0 radical (unpaired) electrons. The Morgan fingerprint density at radius 1 is 0.528 bits per heavy atom. The maximum Gasteiger partial charge on any atom is 0.0474 e. The van der Waals surface area contributed by atoms with E-state index in [1.165, 1.54) is 99.1 Å². The van der Waals surface area contributed by atoms with Gasteiger partial charge in [0.25, 0.3) is 0 Å². The molecule has 0 N–H and O–H groups in total. The number of nitrogens with zero attached hydrogens (tertiary/aromatic N) is 1. The summed E-state index contributed by atoms with van der Waals surface area (Å²) in [5.74, 6) is 0.881. The summed E-state index contributed by atoms with van der Waals surface area (Å²) in [6.07, 6.45) is 10.3. The minimum Gasteiger partial charge on any atom is -0.310 e. The van der Waals surface area contributed by atoms with Crippen LogP contribution in [0.5, 0.6) is 0 Å². The quantitative estimate of drug-likeness (QED) is 0.132. The van der Waals surface area contributed by atoms with E-state index >= 15 is 0 Å². The van der Waals surface area contributed by atoms with Crippen LogP contribution >= 0.6 is 0 Å². The molecule has 11 rings (SSSR count). The first-order valence-corrected chi connectivity index (χ1v) is 19.4. The predicted octanol–water partition coefficient (Wildman–Crippen LogP) is 14.2. The van der Waals surface area contributed by atoms with Crippen LogP contribution < -0.4 is 4.90 Å². The van der Waals surface area contributed by atoms with E-state index in [-0.39, 0.29) is 10.8 Å². The zero-order valence-electron chi connectivity index (χ0n) is 31.2. The van der Waals surface area contributed by atoms with E-state index < -0.39 is 0 Å². The molecule has 0 aliphatic heterocycles. The topological polar surface area (TPSA) is 3.24 Å². The Morgan fingerprint density at radius 2 is 1.19 bits per heavy atom. The molecule has 0 aromatic heterocycles. The molecule has 3 aliphatic carbocycles. The van der Waals surface area contributed by atoms with Crippen LogP contribution in [0.3, 0.4) is 0 Å². The lowest BCUT2D eigenvalue weighted by Gasteiger charge is -2.31. The summed E-state index contributed by atoms with van der Waals surface area (Å²) >= 11 is 0. The molecular weight excluding hydrogens is 639 g/mol. The van der Waals surface area contributed by atoms with Crippen molar-refractivity contribution in [1.82, 2.24) is 0 Å². The summed E-state index contributed by atoms with van der Waals surface area (Å²) in [6.45, 7) is 11.9. The van der Waals surface area contributed by atoms with E-state index in [4.69, 9.17) is 0 Å². The highest BCUT2D eigenvalue weighted by molar-refractivity contribution is 6.33. The van der Waals surface area contributed by atoms with E-state index in [9.17, 15) is 0 Å². The first kappa shape index (κ1) is 30.9. The lowest BCUT2D eigenvalue weighted by Crippen LogP contribution is -2.24. The van der Waals surface area contributed by atoms with Crippen LogP contribution in [0.15, 0.2) is 146 Å². The van der Waals surface area contributed by atoms with Crippen molar-refractivity contribution in [2.45, 2.75) is 57.8 Å². The Balaban J connectivity index is 1.20. The fraction of sp³-hybridized carbons (Fsp3) is 0.192. The van der Waals surface area contributed by atoms with Crippen molar-refractivity contribution < 1.29 is 0 Å². The van der Waals surface area contributed by atoms with Gasteiger partial charge in [-0.1, -0.05) is 144 Å². The number of hydrogen-bond acceptors (Lipinski definition) is 1. The van der Waals surface area contributed by atoms with Crippen LogP contribution in [0.4, 0.5) is 17.1 Å². The van der Waals surface area contributed by atoms with Gasteiger partial charge in [-0.3, -0.25) is 0 Å². The number of benzene rings is 8. The van der Waals surface area contributed by atoms with Crippen molar-refractivity contribution in [3.63, 3.8) is 0 Å². The predicted molar refractivity (Wildman–Crippen MR) is 227 cm³/mol. The highest BCUT2D eigenvalue weighted by Crippen LogP contribution is 2.55. The molecule has 2 unspecified atom stereocenters. The molecule has 0 saturated heterocycles. The molecule has 1 heteroatoms. The summed E-state index contributed by atoms with van der Waals surface area (Å²) in [4.78, 5) is 2.54. The van der Waals surface area contributed by atoms with Crippen molar-refractivity contribution in [1.29, 1.82) is 0 Å². The Hall–Kier alpha value is -5.66. The third-order valence-corrected chi connectivity index (χ3v) is 13.4. The van der Waals surface area contributed by atoms with E-state index in [0.717, 1.165) is 6.42 Å². The molecule has 0 saturated carbocycles. The molecule has 3 aliphatic rings. The van der Waals surface area contributed by atoms with E-state index in [0.29, 0.717) is 11.8 Å². The maximum atomic E-state index is 2.54. The van der Waals surface area contributed by atoms with Crippen LogP contribution in [0.25, 0.3) is 54.2 Å². The SMILES string of the molecule is CCc1cc2cccc3c4cc(N(c5ccc6c(c5)C(C)(C)c5ccccc5-6)c5ccc6c(c5)C(C)(C)C5C=CC=CC65)cc5cccc(c(c1)c23)c54. The maximum absolute atomic E-state index is 2.54. The number of hydrogen-bond donors (Lipinski definition) is 0. The molecule has 2 atom stereocenters. The van der Waals surface area contributed by atoms with Crippen LogP contribution in [0.2, 0.25) is 0 Å². The molecule has 0 spiro atoms. The molecule has 256 valence electrons. The van der Waals surface area contributed by atoms with Gasteiger partial charge in [0.15, 0.2) is 0 Å². The van der Waals surface area contributed by atoms with Gasteiger partial charge in [-0.2, -0.15) is 0 Å². The lowest BCUT2D eigenvalue weighted by molar-refractivity contribution is 0.394. The molecule has 53 heavy (non-hydrogen) atoms. The van der Waals surface area contributed by atoms with Gasteiger partial charge in [0.05, 0.1) is 0 Å².